The van der Waals surface area contributed by atoms with Gasteiger partial charge in [-0.2, -0.15) is 4.31 Å². The van der Waals surface area contributed by atoms with E-state index in [1.807, 2.05) is 30.3 Å². The lowest BCUT2D eigenvalue weighted by molar-refractivity contribution is 0.0473. The van der Waals surface area contributed by atoms with Crippen LogP contribution >= 0.6 is 0 Å². The van der Waals surface area contributed by atoms with E-state index in [1.165, 1.54) is 34.6 Å². The Balaban J connectivity index is 1.37. The molecule has 1 saturated heterocycles. The van der Waals surface area contributed by atoms with E-state index < -0.39 is 21.6 Å². The lowest BCUT2D eigenvalue weighted by atomic mass is 10.0. The second-order valence-electron chi connectivity index (χ2n) is 7.87. The van der Waals surface area contributed by atoms with Crippen LogP contribution in [0.3, 0.4) is 0 Å². The minimum atomic E-state index is -3.65. The highest BCUT2D eigenvalue weighted by atomic mass is 32.2. The van der Waals surface area contributed by atoms with Crippen LogP contribution in [0.25, 0.3) is 21.7 Å². The maximum Gasteiger partial charge on any atom is 0.338 e. The highest BCUT2D eigenvalue weighted by Gasteiger charge is 2.26. The summed E-state index contributed by atoms with van der Waals surface area (Å²) in [5.74, 6) is -0.628. The first-order valence-electron chi connectivity index (χ1n) is 10.7. The zero-order chi connectivity index (χ0) is 23.7. The standard InChI is InChI=1S/C25H21NO7S/c27-23-15-19(24-21-4-2-1-3-17(21)7-10-22(24)33-23)16-32-25(28)18-5-8-20(9-6-18)34(29,30)26-11-13-31-14-12-26/h1-10,15H,11-14,16H2. The Morgan fingerprint density at radius 3 is 2.47 bits per heavy atom. The topological polar surface area (TPSA) is 103 Å². The van der Waals surface area contributed by atoms with Crippen LogP contribution in [0.4, 0.5) is 0 Å². The van der Waals surface area contributed by atoms with Gasteiger partial charge in [-0.25, -0.2) is 18.0 Å². The fourth-order valence-electron chi connectivity index (χ4n) is 4.06. The summed E-state index contributed by atoms with van der Waals surface area (Å²) < 4.78 is 42.9. The minimum Gasteiger partial charge on any atom is -0.457 e. The first-order valence-corrected chi connectivity index (χ1v) is 12.2. The van der Waals surface area contributed by atoms with Gasteiger partial charge in [0.15, 0.2) is 0 Å². The highest BCUT2D eigenvalue weighted by molar-refractivity contribution is 7.89. The van der Waals surface area contributed by atoms with Gasteiger partial charge in [-0.3, -0.25) is 0 Å². The van der Waals surface area contributed by atoms with Gasteiger partial charge in [0.05, 0.1) is 23.7 Å². The molecule has 1 aromatic heterocycles. The number of benzene rings is 3. The van der Waals surface area contributed by atoms with Gasteiger partial charge in [0, 0.05) is 30.1 Å². The third kappa shape index (κ3) is 4.21. The number of rotatable bonds is 5. The summed E-state index contributed by atoms with van der Waals surface area (Å²) in [6.07, 6.45) is 0. The molecule has 1 aliphatic heterocycles. The third-order valence-electron chi connectivity index (χ3n) is 5.77. The summed E-state index contributed by atoms with van der Waals surface area (Å²) in [5.41, 5.74) is 0.613. The predicted molar refractivity (Wildman–Crippen MR) is 125 cm³/mol. The zero-order valence-electron chi connectivity index (χ0n) is 18.1. The molecular weight excluding hydrogens is 458 g/mol. The monoisotopic (exact) mass is 479 g/mol. The summed E-state index contributed by atoms with van der Waals surface area (Å²) in [4.78, 5) is 24.8. The first kappa shape index (κ1) is 22.3. The Morgan fingerprint density at radius 2 is 1.71 bits per heavy atom. The predicted octanol–water partition coefficient (Wildman–Crippen LogP) is 3.32. The van der Waals surface area contributed by atoms with E-state index in [-0.39, 0.29) is 17.1 Å². The summed E-state index contributed by atoms with van der Waals surface area (Å²) >= 11 is 0. The van der Waals surface area contributed by atoms with Crippen molar-refractivity contribution in [3.8, 4) is 0 Å². The molecule has 5 rings (SSSR count). The summed E-state index contributed by atoms with van der Waals surface area (Å²) in [6, 6.07) is 18.2. The van der Waals surface area contributed by atoms with Crippen molar-refractivity contribution in [1.29, 1.82) is 0 Å². The molecular formula is C25H21NO7S. The van der Waals surface area contributed by atoms with Gasteiger partial charge in [0.1, 0.15) is 12.2 Å². The molecule has 1 fully saturated rings. The van der Waals surface area contributed by atoms with Crippen molar-refractivity contribution in [3.63, 3.8) is 0 Å². The Hall–Kier alpha value is -3.53. The lowest BCUT2D eigenvalue weighted by Crippen LogP contribution is -2.40. The number of morpholine rings is 1. The number of esters is 1. The Morgan fingerprint density at radius 1 is 0.971 bits per heavy atom. The second kappa shape index (κ2) is 9.02. The molecule has 0 unspecified atom stereocenters. The normalized spacial score (nSPS) is 14.9. The maximum atomic E-state index is 12.8. The molecule has 0 saturated carbocycles. The fraction of sp³-hybridized carbons (Fsp3) is 0.200. The quantitative estimate of drug-likeness (QED) is 0.246. The van der Waals surface area contributed by atoms with Crippen LogP contribution in [0.1, 0.15) is 15.9 Å². The molecule has 1 aliphatic rings. The van der Waals surface area contributed by atoms with E-state index in [9.17, 15) is 18.0 Å². The molecule has 0 bridgehead atoms. The van der Waals surface area contributed by atoms with Crippen molar-refractivity contribution < 1.29 is 27.1 Å². The van der Waals surface area contributed by atoms with Crippen molar-refractivity contribution >= 4 is 37.7 Å². The minimum absolute atomic E-state index is 0.101. The average molecular weight is 480 g/mol. The fourth-order valence-corrected chi connectivity index (χ4v) is 5.47. The number of carbonyl (C=O) groups is 1. The van der Waals surface area contributed by atoms with E-state index in [0.29, 0.717) is 42.8 Å². The Labute approximate surface area is 195 Å². The lowest BCUT2D eigenvalue weighted by Gasteiger charge is -2.26. The number of nitrogens with zero attached hydrogens (tertiary/aromatic N) is 1. The molecule has 0 radical (unpaired) electrons. The average Bonchev–Trinajstić information content (AvgIpc) is 2.87. The molecule has 34 heavy (non-hydrogen) atoms. The molecule has 0 aliphatic carbocycles. The maximum absolute atomic E-state index is 12.8. The van der Waals surface area contributed by atoms with E-state index in [2.05, 4.69) is 0 Å². The third-order valence-corrected chi connectivity index (χ3v) is 7.68. The van der Waals surface area contributed by atoms with Gasteiger partial charge in [0.25, 0.3) is 0 Å². The number of sulfonamides is 1. The summed E-state index contributed by atoms with van der Waals surface area (Å²) in [5, 5.41) is 2.55. The molecule has 3 aromatic carbocycles. The Kier molecular flexibility index (Phi) is 5.91. The van der Waals surface area contributed by atoms with Crippen LogP contribution in [-0.2, 0) is 26.1 Å². The van der Waals surface area contributed by atoms with Gasteiger partial charge in [-0.15, -0.1) is 0 Å². The smallest absolute Gasteiger partial charge is 0.338 e. The molecule has 0 spiro atoms. The molecule has 4 aromatic rings. The van der Waals surface area contributed by atoms with Gasteiger partial charge in [-0.1, -0.05) is 30.3 Å². The van der Waals surface area contributed by atoms with Crippen LogP contribution < -0.4 is 5.63 Å². The zero-order valence-corrected chi connectivity index (χ0v) is 18.9. The largest absolute Gasteiger partial charge is 0.457 e. The SMILES string of the molecule is O=C(OCc1cc(=O)oc2ccc3ccccc3c12)c1ccc(S(=O)(=O)N2CCOCC2)cc1. The number of hydrogen-bond donors (Lipinski definition) is 0. The Bertz CT molecular complexity index is 1540. The summed E-state index contributed by atoms with van der Waals surface area (Å²) in [6.45, 7) is 1.15. The number of fused-ring (bicyclic) bond motifs is 3. The molecule has 2 heterocycles. The number of carbonyl (C=O) groups excluding carboxylic acids is 1. The van der Waals surface area contributed by atoms with E-state index in [0.717, 1.165) is 10.8 Å². The van der Waals surface area contributed by atoms with E-state index in [4.69, 9.17) is 13.9 Å². The van der Waals surface area contributed by atoms with Gasteiger partial charge >= 0.3 is 11.6 Å². The molecule has 0 amide bonds. The van der Waals surface area contributed by atoms with Crippen molar-refractivity contribution in [1.82, 2.24) is 4.31 Å². The molecule has 9 heteroatoms. The van der Waals surface area contributed by atoms with Gasteiger partial charge in [0.2, 0.25) is 10.0 Å². The van der Waals surface area contributed by atoms with Gasteiger partial charge < -0.3 is 13.9 Å². The molecule has 8 nitrogen and oxygen atoms in total. The van der Waals surface area contributed by atoms with Crippen molar-refractivity contribution in [2.45, 2.75) is 11.5 Å². The van der Waals surface area contributed by atoms with Crippen LogP contribution in [-0.4, -0.2) is 45.0 Å². The van der Waals surface area contributed by atoms with E-state index in [1.54, 1.807) is 6.07 Å². The molecule has 174 valence electrons. The number of hydrogen-bond acceptors (Lipinski definition) is 7. The van der Waals surface area contributed by atoms with Crippen LogP contribution in [0.15, 0.2) is 80.8 Å². The van der Waals surface area contributed by atoms with Crippen molar-refractivity contribution in [2.24, 2.45) is 0 Å². The highest BCUT2D eigenvalue weighted by Crippen LogP contribution is 2.28. The van der Waals surface area contributed by atoms with Crippen molar-refractivity contribution in [2.75, 3.05) is 26.3 Å². The first-order chi connectivity index (χ1) is 16.4. The van der Waals surface area contributed by atoms with Crippen molar-refractivity contribution in [3.05, 3.63) is 88.3 Å². The molecule has 0 N–H and O–H groups in total. The van der Waals surface area contributed by atoms with Crippen LogP contribution in [0.2, 0.25) is 0 Å². The molecule has 0 atom stereocenters. The van der Waals surface area contributed by atoms with E-state index >= 15 is 0 Å². The van der Waals surface area contributed by atoms with Crippen LogP contribution in [0.5, 0.6) is 0 Å². The summed E-state index contributed by atoms with van der Waals surface area (Å²) in [7, 11) is -3.65. The van der Waals surface area contributed by atoms with Crippen LogP contribution in [0, 0.1) is 0 Å². The van der Waals surface area contributed by atoms with Gasteiger partial charge in [-0.05, 0) is 41.1 Å². The number of ether oxygens (including phenoxy) is 2. The second-order valence-corrected chi connectivity index (χ2v) is 9.81.